The molecule has 4 nitrogen and oxygen atoms in total. The molecule has 0 bridgehead atoms. The van der Waals surface area contributed by atoms with Crippen molar-refractivity contribution in [1.82, 2.24) is 0 Å². The predicted octanol–water partition coefficient (Wildman–Crippen LogP) is 4.66. The van der Waals surface area contributed by atoms with Crippen molar-refractivity contribution in [3.05, 3.63) is 80.3 Å². The van der Waals surface area contributed by atoms with Crippen LogP contribution >= 0.6 is 27.7 Å². The molecule has 23 heavy (non-hydrogen) atoms. The molecule has 0 fully saturated rings. The van der Waals surface area contributed by atoms with Crippen molar-refractivity contribution in [2.45, 2.75) is 18.1 Å². The van der Waals surface area contributed by atoms with Gasteiger partial charge in [-0.2, -0.15) is 0 Å². The van der Waals surface area contributed by atoms with Crippen LogP contribution in [0.1, 0.15) is 23.5 Å². The summed E-state index contributed by atoms with van der Waals surface area (Å²) in [6, 6.07) is 17.0. The molecule has 0 saturated heterocycles. The maximum absolute atomic E-state index is 12.2. The summed E-state index contributed by atoms with van der Waals surface area (Å²) in [7, 11) is 0. The highest BCUT2D eigenvalue weighted by atomic mass is 79.9. The number of thioether (sulfide) groups is 1. The van der Waals surface area contributed by atoms with Crippen LogP contribution in [-0.2, 0) is 10.5 Å². The van der Waals surface area contributed by atoms with Crippen molar-refractivity contribution in [2.24, 2.45) is 0 Å². The zero-order valence-electron chi connectivity index (χ0n) is 12.4. The molecule has 0 saturated carbocycles. The Morgan fingerprint density at radius 2 is 1.78 bits per heavy atom. The minimum Gasteiger partial charge on any atom is -0.287 e. The molecule has 0 aliphatic heterocycles. The second-order valence-corrected chi connectivity index (χ2v) is 7.06. The molecule has 0 radical (unpaired) electrons. The summed E-state index contributed by atoms with van der Waals surface area (Å²) in [6.45, 7) is -0.237. The topological polar surface area (TPSA) is 60.2 Å². The molecule has 0 amide bonds. The van der Waals surface area contributed by atoms with Gasteiger partial charge in [-0.05, 0) is 23.3 Å². The second-order valence-electron chi connectivity index (χ2n) is 5.11. The highest BCUT2D eigenvalue weighted by Gasteiger charge is 2.21. The quantitative estimate of drug-likeness (QED) is 0.506. The Balaban J connectivity index is 1.98. The molecule has 1 atom stereocenters. The monoisotopic (exact) mass is 393 g/mol. The number of carbonyl (C=O) groups excluding carboxylic acids is 1. The van der Waals surface area contributed by atoms with E-state index in [1.807, 2.05) is 54.6 Å². The van der Waals surface area contributed by atoms with Gasteiger partial charge < -0.3 is 0 Å². The van der Waals surface area contributed by atoms with Gasteiger partial charge in [0.05, 0.1) is 5.92 Å². The number of benzene rings is 2. The van der Waals surface area contributed by atoms with E-state index in [2.05, 4.69) is 15.9 Å². The van der Waals surface area contributed by atoms with E-state index in [1.165, 1.54) is 11.8 Å². The van der Waals surface area contributed by atoms with Crippen molar-refractivity contribution in [1.29, 1.82) is 0 Å². The van der Waals surface area contributed by atoms with Crippen LogP contribution in [0.5, 0.6) is 0 Å². The number of hydrogen-bond acceptors (Lipinski definition) is 4. The molecular weight excluding hydrogens is 378 g/mol. The Hall–Kier alpha value is -1.66. The van der Waals surface area contributed by atoms with Gasteiger partial charge in [-0.15, -0.1) is 0 Å². The van der Waals surface area contributed by atoms with Crippen LogP contribution in [0, 0.1) is 10.1 Å². The average Bonchev–Trinajstić information content (AvgIpc) is 2.53. The normalized spacial score (nSPS) is 11.9. The smallest absolute Gasteiger partial charge is 0.211 e. The zero-order chi connectivity index (χ0) is 16.7. The average molecular weight is 394 g/mol. The van der Waals surface area contributed by atoms with E-state index in [9.17, 15) is 14.9 Å². The van der Waals surface area contributed by atoms with Crippen molar-refractivity contribution in [3.63, 3.8) is 0 Å². The molecular formula is C17H16BrNO3S. The molecule has 0 aromatic heterocycles. The van der Waals surface area contributed by atoms with Crippen LogP contribution in [0.25, 0.3) is 0 Å². The SMILES string of the molecule is O=C(C[C@H](C[N+](=O)[O-])c1ccc(Br)cc1)SCc1ccccc1. The van der Waals surface area contributed by atoms with Crippen LogP contribution in [0.3, 0.4) is 0 Å². The summed E-state index contributed by atoms with van der Waals surface area (Å²) < 4.78 is 0.908. The van der Waals surface area contributed by atoms with Crippen LogP contribution < -0.4 is 0 Å². The fourth-order valence-corrected chi connectivity index (χ4v) is 3.30. The highest BCUT2D eigenvalue weighted by Crippen LogP contribution is 2.26. The first-order chi connectivity index (χ1) is 11.0. The van der Waals surface area contributed by atoms with Crippen molar-refractivity contribution >= 4 is 32.8 Å². The largest absolute Gasteiger partial charge is 0.287 e. The van der Waals surface area contributed by atoms with Gasteiger partial charge in [0.15, 0.2) is 5.12 Å². The molecule has 0 spiro atoms. The zero-order valence-corrected chi connectivity index (χ0v) is 14.8. The minimum atomic E-state index is -0.395. The fourth-order valence-electron chi connectivity index (χ4n) is 2.20. The number of nitrogens with zero attached hydrogens (tertiary/aromatic N) is 1. The lowest BCUT2D eigenvalue weighted by Crippen LogP contribution is -2.15. The van der Waals surface area contributed by atoms with Gasteiger partial charge in [-0.1, -0.05) is 70.2 Å². The van der Waals surface area contributed by atoms with E-state index >= 15 is 0 Å². The first-order valence-corrected chi connectivity index (χ1v) is 8.89. The third-order valence-electron chi connectivity index (χ3n) is 3.37. The fraction of sp³-hybridized carbons (Fsp3) is 0.235. The van der Waals surface area contributed by atoms with Gasteiger partial charge in [0, 0.05) is 21.6 Å². The number of nitro groups is 1. The third kappa shape index (κ3) is 6.15. The maximum atomic E-state index is 12.2. The molecule has 2 aromatic carbocycles. The van der Waals surface area contributed by atoms with E-state index in [-0.39, 0.29) is 23.0 Å². The predicted molar refractivity (Wildman–Crippen MR) is 96.1 cm³/mol. The minimum absolute atomic E-state index is 0.0244. The lowest BCUT2D eigenvalue weighted by molar-refractivity contribution is -0.483. The van der Waals surface area contributed by atoms with Crippen LogP contribution in [0.2, 0.25) is 0 Å². The van der Waals surface area contributed by atoms with Crippen LogP contribution in [-0.4, -0.2) is 16.6 Å². The van der Waals surface area contributed by atoms with Gasteiger partial charge in [-0.25, -0.2) is 0 Å². The first-order valence-electron chi connectivity index (χ1n) is 7.11. The Morgan fingerprint density at radius 3 is 2.39 bits per heavy atom. The van der Waals surface area contributed by atoms with Gasteiger partial charge in [0.25, 0.3) is 0 Å². The van der Waals surface area contributed by atoms with Crippen LogP contribution in [0.15, 0.2) is 59.1 Å². The number of carbonyl (C=O) groups is 1. The van der Waals surface area contributed by atoms with Crippen LogP contribution in [0.4, 0.5) is 0 Å². The molecule has 0 unspecified atom stereocenters. The van der Waals surface area contributed by atoms with E-state index in [1.54, 1.807) is 0 Å². The van der Waals surface area contributed by atoms with E-state index in [0.29, 0.717) is 5.75 Å². The summed E-state index contributed by atoms with van der Waals surface area (Å²) in [4.78, 5) is 22.7. The van der Waals surface area contributed by atoms with Gasteiger partial charge in [0.1, 0.15) is 0 Å². The Bertz CT molecular complexity index is 661. The highest BCUT2D eigenvalue weighted by molar-refractivity contribution is 9.10. The van der Waals surface area contributed by atoms with Crippen molar-refractivity contribution < 1.29 is 9.72 Å². The molecule has 0 aliphatic carbocycles. The third-order valence-corrected chi connectivity index (χ3v) is 4.86. The maximum Gasteiger partial charge on any atom is 0.211 e. The molecule has 0 N–H and O–H groups in total. The summed E-state index contributed by atoms with van der Waals surface area (Å²) >= 11 is 4.55. The lowest BCUT2D eigenvalue weighted by atomic mass is 9.96. The van der Waals surface area contributed by atoms with E-state index < -0.39 is 5.92 Å². The van der Waals surface area contributed by atoms with Crippen molar-refractivity contribution in [2.75, 3.05) is 6.54 Å². The van der Waals surface area contributed by atoms with Gasteiger partial charge >= 0.3 is 0 Å². The molecule has 2 rings (SSSR count). The molecule has 0 aliphatic rings. The molecule has 2 aromatic rings. The molecule has 6 heteroatoms. The number of halogens is 1. The Kier molecular flexibility index (Phi) is 6.80. The Morgan fingerprint density at radius 1 is 1.13 bits per heavy atom. The van der Waals surface area contributed by atoms with Gasteiger partial charge in [-0.3, -0.25) is 14.9 Å². The lowest BCUT2D eigenvalue weighted by Gasteiger charge is -2.12. The van der Waals surface area contributed by atoms with E-state index in [0.717, 1.165) is 15.6 Å². The summed E-state index contributed by atoms with van der Waals surface area (Å²) in [5.74, 6) is 0.194. The summed E-state index contributed by atoms with van der Waals surface area (Å²) in [5.41, 5.74) is 1.89. The summed E-state index contributed by atoms with van der Waals surface area (Å²) in [6.07, 6.45) is 0.167. The first kappa shape index (κ1) is 17.7. The van der Waals surface area contributed by atoms with E-state index in [4.69, 9.17) is 0 Å². The summed E-state index contributed by atoms with van der Waals surface area (Å²) in [5, 5.41) is 10.9. The van der Waals surface area contributed by atoms with Crippen molar-refractivity contribution in [3.8, 4) is 0 Å². The number of hydrogen-bond donors (Lipinski definition) is 0. The Labute approximate surface area is 147 Å². The second kappa shape index (κ2) is 8.84. The standard InChI is InChI=1S/C17H16BrNO3S/c18-16-8-6-14(7-9-16)15(11-19(21)22)10-17(20)23-12-13-4-2-1-3-5-13/h1-9,15H,10-12H2/t15-/m1/s1. The molecule has 0 heterocycles. The number of rotatable bonds is 7. The molecule has 120 valence electrons. The van der Waals surface area contributed by atoms with Gasteiger partial charge in [0.2, 0.25) is 6.54 Å².